The average molecular weight is 442 g/mol. The molecular weight excluding hydrogens is 418 g/mol. The van der Waals surface area contributed by atoms with Crippen molar-refractivity contribution in [3.8, 4) is 11.3 Å². The van der Waals surface area contributed by atoms with Gasteiger partial charge in [0.1, 0.15) is 6.10 Å². The molecule has 28 heavy (non-hydrogen) atoms. The summed E-state index contributed by atoms with van der Waals surface area (Å²) in [6, 6.07) is 18.1. The molecule has 3 aromatic rings. The van der Waals surface area contributed by atoms with Gasteiger partial charge in [0.25, 0.3) is 0 Å². The van der Waals surface area contributed by atoms with Crippen LogP contribution >= 0.6 is 15.9 Å². The topological polar surface area (TPSA) is 52.3 Å². The standard InChI is InChI=1S/C23H24BrNO3/c1-15(22(27-17(3)26)14-18-7-5-4-6-8-18)13-21-16(2)25-28-23(21)19-9-11-20(24)12-10-19/h4-12,15,22H,13-14H2,1-3H3. The summed E-state index contributed by atoms with van der Waals surface area (Å²) in [4.78, 5) is 11.7. The third kappa shape index (κ3) is 5.10. The lowest BCUT2D eigenvalue weighted by molar-refractivity contribution is -0.148. The Labute approximate surface area is 174 Å². The molecule has 0 spiro atoms. The molecule has 1 heterocycles. The highest BCUT2D eigenvalue weighted by Crippen LogP contribution is 2.30. The Balaban J connectivity index is 1.83. The highest BCUT2D eigenvalue weighted by atomic mass is 79.9. The van der Waals surface area contributed by atoms with Crippen molar-refractivity contribution < 1.29 is 14.1 Å². The molecule has 5 heteroatoms. The number of esters is 1. The number of benzene rings is 2. The van der Waals surface area contributed by atoms with E-state index >= 15 is 0 Å². The minimum Gasteiger partial charge on any atom is -0.462 e. The van der Waals surface area contributed by atoms with Crippen LogP contribution in [0.2, 0.25) is 0 Å². The molecule has 0 aliphatic carbocycles. The van der Waals surface area contributed by atoms with Crippen LogP contribution in [0.15, 0.2) is 63.6 Å². The second kappa shape index (κ2) is 9.20. The van der Waals surface area contributed by atoms with E-state index in [1.165, 1.54) is 6.92 Å². The molecule has 0 aliphatic rings. The predicted octanol–water partition coefficient (Wildman–Crippen LogP) is 5.77. The zero-order chi connectivity index (χ0) is 20.1. The van der Waals surface area contributed by atoms with E-state index in [4.69, 9.17) is 9.26 Å². The van der Waals surface area contributed by atoms with Crippen LogP contribution in [0.3, 0.4) is 0 Å². The quantitative estimate of drug-likeness (QED) is 0.436. The molecule has 0 amide bonds. The zero-order valence-electron chi connectivity index (χ0n) is 16.3. The fourth-order valence-electron chi connectivity index (χ4n) is 3.33. The Kier molecular flexibility index (Phi) is 6.68. The van der Waals surface area contributed by atoms with E-state index in [-0.39, 0.29) is 18.0 Å². The number of hydrogen-bond donors (Lipinski definition) is 0. The highest BCUT2D eigenvalue weighted by molar-refractivity contribution is 9.10. The maximum atomic E-state index is 11.7. The minimum atomic E-state index is -0.261. The van der Waals surface area contributed by atoms with Crippen LogP contribution in [-0.2, 0) is 22.4 Å². The fraction of sp³-hybridized carbons (Fsp3) is 0.304. The zero-order valence-corrected chi connectivity index (χ0v) is 17.9. The molecule has 0 fully saturated rings. The molecule has 0 N–H and O–H groups in total. The van der Waals surface area contributed by atoms with E-state index in [1.54, 1.807) is 0 Å². The van der Waals surface area contributed by atoms with Gasteiger partial charge in [-0.25, -0.2) is 0 Å². The van der Waals surface area contributed by atoms with E-state index in [0.717, 1.165) is 32.6 Å². The van der Waals surface area contributed by atoms with Gasteiger partial charge in [0.2, 0.25) is 0 Å². The van der Waals surface area contributed by atoms with Gasteiger partial charge in [-0.3, -0.25) is 4.79 Å². The van der Waals surface area contributed by atoms with Crippen molar-refractivity contribution >= 4 is 21.9 Å². The maximum Gasteiger partial charge on any atom is 0.302 e. The van der Waals surface area contributed by atoms with Crippen molar-refractivity contribution in [2.45, 2.75) is 39.7 Å². The number of ether oxygens (including phenoxy) is 1. The molecule has 0 saturated carbocycles. The first-order chi connectivity index (χ1) is 13.4. The molecular formula is C23H24BrNO3. The van der Waals surface area contributed by atoms with Gasteiger partial charge in [-0.05, 0) is 37.0 Å². The van der Waals surface area contributed by atoms with Crippen LogP contribution in [-0.4, -0.2) is 17.2 Å². The van der Waals surface area contributed by atoms with Crippen LogP contribution < -0.4 is 0 Å². The molecule has 0 bridgehead atoms. The van der Waals surface area contributed by atoms with E-state index in [0.29, 0.717) is 12.8 Å². The summed E-state index contributed by atoms with van der Waals surface area (Å²) >= 11 is 3.46. The largest absolute Gasteiger partial charge is 0.462 e. The second-order valence-electron chi connectivity index (χ2n) is 7.10. The molecule has 3 rings (SSSR count). The lowest BCUT2D eigenvalue weighted by atomic mass is 9.90. The number of halogens is 1. The Bertz CT molecular complexity index is 919. The van der Waals surface area contributed by atoms with E-state index in [9.17, 15) is 4.79 Å². The van der Waals surface area contributed by atoms with Crippen molar-refractivity contribution in [3.05, 3.63) is 75.9 Å². The van der Waals surface area contributed by atoms with Crippen molar-refractivity contribution in [2.75, 3.05) is 0 Å². The van der Waals surface area contributed by atoms with Crippen molar-refractivity contribution in [1.82, 2.24) is 5.16 Å². The molecule has 1 aromatic heterocycles. The molecule has 146 valence electrons. The van der Waals surface area contributed by atoms with Gasteiger partial charge in [-0.2, -0.15) is 0 Å². The summed E-state index contributed by atoms with van der Waals surface area (Å²) in [7, 11) is 0. The van der Waals surface area contributed by atoms with E-state index in [1.807, 2.05) is 49.4 Å². The van der Waals surface area contributed by atoms with Gasteiger partial charge >= 0.3 is 5.97 Å². The van der Waals surface area contributed by atoms with Crippen LogP contribution in [0.4, 0.5) is 0 Å². The van der Waals surface area contributed by atoms with Gasteiger partial charge in [0, 0.05) is 28.9 Å². The smallest absolute Gasteiger partial charge is 0.302 e. The van der Waals surface area contributed by atoms with Gasteiger partial charge in [0.15, 0.2) is 5.76 Å². The number of rotatable bonds is 7. The lowest BCUT2D eigenvalue weighted by Gasteiger charge is -2.24. The minimum absolute atomic E-state index is 0.108. The first kappa shape index (κ1) is 20.3. The Morgan fingerprint density at radius 2 is 1.79 bits per heavy atom. The Morgan fingerprint density at radius 1 is 1.11 bits per heavy atom. The number of nitrogens with zero attached hydrogens (tertiary/aromatic N) is 1. The van der Waals surface area contributed by atoms with Gasteiger partial charge in [-0.15, -0.1) is 0 Å². The van der Waals surface area contributed by atoms with E-state index < -0.39 is 0 Å². The predicted molar refractivity (Wildman–Crippen MR) is 113 cm³/mol. The first-order valence-electron chi connectivity index (χ1n) is 9.36. The molecule has 0 radical (unpaired) electrons. The summed E-state index contributed by atoms with van der Waals surface area (Å²) in [5.74, 6) is 0.623. The summed E-state index contributed by atoms with van der Waals surface area (Å²) in [6.45, 7) is 5.52. The third-order valence-electron chi connectivity index (χ3n) is 4.85. The lowest BCUT2D eigenvalue weighted by Crippen LogP contribution is -2.28. The second-order valence-corrected chi connectivity index (χ2v) is 8.02. The highest BCUT2D eigenvalue weighted by Gasteiger charge is 2.25. The van der Waals surface area contributed by atoms with Crippen molar-refractivity contribution in [3.63, 3.8) is 0 Å². The van der Waals surface area contributed by atoms with Crippen LogP contribution in [0.5, 0.6) is 0 Å². The van der Waals surface area contributed by atoms with Crippen LogP contribution in [0.1, 0.15) is 30.7 Å². The summed E-state index contributed by atoms with van der Waals surface area (Å²) in [6.07, 6.45) is 1.18. The maximum absolute atomic E-state index is 11.7. The first-order valence-corrected chi connectivity index (χ1v) is 10.2. The molecule has 0 saturated heterocycles. The Morgan fingerprint density at radius 3 is 2.43 bits per heavy atom. The molecule has 0 aliphatic heterocycles. The number of hydrogen-bond acceptors (Lipinski definition) is 4. The molecule has 2 unspecified atom stereocenters. The van der Waals surface area contributed by atoms with Crippen LogP contribution in [0, 0.1) is 12.8 Å². The monoisotopic (exact) mass is 441 g/mol. The SMILES string of the molecule is CC(=O)OC(Cc1ccccc1)C(C)Cc1c(C)noc1-c1ccc(Br)cc1. The van der Waals surface area contributed by atoms with Crippen molar-refractivity contribution in [2.24, 2.45) is 5.92 Å². The normalized spacial score (nSPS) is 13.1. The van der Waals surface area contributed by atoms with Crippen molar-refractivity contribution in [1.29, 1.82) is 0 Å². The third-order valence-corrected chi connectivity index (χ3v) is 5.38. The van der Waals surface area contributed by atoms with E-state index in [2.05, 4.69) is 40.1 Å². The van der Waals surface area contributed by atoms with Gasteiger partial charge in [-0.1, -0.05) is 70.5 Å². The summed E-state index contributed by atoms with van der Waals surface area (Å²) < 4.78 is 12.3. The van der Waals surface area contributed by atoms with Crippen LogP contribution in [0.25, 0.3) is 11.3 Å². The Hall–Kier alpha value is -2.40. The van der Waals surface area contributed by atoms with Gasteiger partial charge in [0.05, 0.1) is 5.69 Å². The number of carbonyl (C=O) groups is 1. The average Bonchev–Trinajstić information content (AvgIpc) is 3.03. The molecule has 4 nitrogen and oxygen atoms in total. The summed E-state index contributed by atoms with van der Waals surface area (Å²) in [5.41, 5.74) is 4.06. The molecule has 2 atom stereocenters. The fourth-order valence-corrected chi connectivity index (χ4v) is 3.59. The molecule has 2 aromatic carbocycles. The number of carbonyl (C=O) groups excluding carboxylic acids is 1. The number of aromatic nitrogens is 1. The summed E-state index contributed by atoms with van der Waals surface area (Å²) in [5, 5.41) is 4.18. The number of aryl methyl sites for hydroxylation is 1. The van der Waals surface area contributed by atoms with Gasteiger partial charge < -0.3 is 9.26 Å².